The van der Waals surface area contributed by atoms with Crippen LogP contribution in [0.25, 0.3) is 0 Å². The number of hydrogen-bond acceptors (Lipinski definition) is 2. The van der Waals surface area contributed by atoms with Crippen LogP contribution in [0.1, 0.15) is 49.9 Å². The molecule has 1 atom stereocenters. The minimum atomic E-state index is 0.0558. The molecule has 1 unspecified atom stereocenters. The Hall–Kier alpha value is -0.830. The molecule has 1 N–H and O–H groups in total. The highest BCUT2D eigenvalue weighted by atomic mass is 32.1. The van der Waals surface area contributed by atoms with E-state index in [9.17, 15) is 4.79 Å². The van der Waals surface area contributed by atoms with Crippen LogP contribution in [0.5, 0.6) is 0 Å². The largest absolute Gasteiger partial charge is 0.350 e. The van der Waals surface area contributed by atoms with E-state index in [-0.39, 0.29) is 11.9 Å². The van der Waals surface area contributed by atoms with E-state index in [1.54, 1.807) is 11.3 Å². The first kappa shape index (κ1) is 12.2. The second kappa shape index (κ2) is 6.62. The number of rotatable bonds is 6. The van der Waals surface area contributed by atoms with Crippen molar-refractivity contribution in [2.24, 2.45) is 0 Å². The van der Waals surface area contributed by atoms with Crippen molar-refractivity contribution in [3.63, 3.8) is 0 Å². The molecule has 0 radical (unpaired) electrons. The van der Waals surface area contributed by atoms with E-state index in [1.807, 2.05) is 16.8 Å². The van der Waals surface area contributed by atoms with Crippen molar-refractivity contribution < 1.29 is 4.79 Å². The summed E-state index contributed by atoms with van der Waals surface area (Å²) in [5.74, 6) is 0.0558. The van der Waals surface area contributed by atoms with E-state index >= 15 is 0 Å². The highest BCUT2D eigenvalue weighted by Crippen LogP contribution is 2.07. The van der Waals surface area contributed by atoms with Crippen LogP contribution < -0.4 is 5.32 Å². The van der Waals surface area contributed by atoms with Gasteiger partial charge in [-0.1, -0.05) is 26.2 Å². The van der Waals surface area contributed by atoms with Gasteiger partial charge in [-0.15, -0.1) is 0 Å². The van der Waals surface area contributed by atoms with Gasteiger partial charge in [0.1, 0.15) is 0 Å². The highest BCUT2D eigenvalue weighted by Gasteiger charge is 2.09. The van der Waals surface area contributed by atoms with Gasteiger partial charge in [-0.05, 0) is 24.8 Å². The Morgan fingerprint density at radius 3 is 2.93 bits per heavy atom. The Kier molecular flexibility index (Phi) is 5.40. The second-order valence-electron chi connectivity index (χ2n) is 3.88. The van der Waals surface area contributed by atoms with Gasteiger partial charge in [0.2, 0.25) is 0 Å². The third kappa shape index (κ3) is 4.47. The number of amides is 1. The molecule has 0 aliphatic rings. The molecule has 3 heteroatoms. The minimum Gasteiger partial charge on any atom is -0.350 e. The van der Waals surface area contributed by atoms with Crippen molar-refractivity contribution in [3.05, 3.63) is 22.4 Å². The summed E-state index contributed by atoms with van der Waals surface area (Å²) >= 11 is 1.56. The first-order valence-electron chi connectivity index (χ1n) is 5.57. The molecule has 0 saturated heterocycles. The van der Waals surface area contributed by atoms with Crippen molar-refractivity contribution in [3.8, 4) is 0 Å². The lowest BCUT2D eigenvalue weighted by atomic mass is 10.1. The SMILES string of the molecule is CCCCCC(C)NC(=O)c1ccsc1. The number of carbonyl (C=O) groups excluding carboxylic acids is 1. The molecule has 1 rings (SSSR count). The van der Waals surface area contributed by atoms with Gasteiger partial charge in [-0.25, -0.2) is 0 Å². The molecule has 0 spiro atoms. The van der Waals surface area contributed by atoms with Crippen molar-refractivity contribution in [2.45, 2.75) is 45.6 Å². The van der Waals surface area contributed by atoms with Crippen molar-refractivity contribution in [1.29, 1.82) is 0 Å². The predicted octanol–water partition coefficient (Wildman–Crippen LogP) is 3.45. The Morgan fingerprint density at radius 2 is 2.33 bits per heavy atom. The van der Waals surface area contributed by atoms with E-state index in [0.717, 1.165) is 12.0 Å². The molecular weight excluding hydrogens is 206 g/mol. The molecule has 0 aliphatic carbocycles. The van der Waals surface area contributed by atoms with Gasteiger partial charge in [0.05, 0.1) is 0 Å². The summed E-state index contributed by atoms with van der Waals surface area (Å²) in [6, 6.07) is 2.14. The first-order chi connectivity index (χ1) is 7.24. The van der Waals surface area contributed by atoms with Crippen LogP contribution in [0.15, 0.2) is 16.8 Å². The standard InChI is InChI=1S/C12H19NOS/c1-3-4-5-6-10(2)13-12(14)11-7-8-15-9-11/h7-10H,3-6H2,1-2H3,(H,13,14). The fraction of sp³-hybridized carbons (Fsp3) is 0.583. The summed E-state index contributed by atoms with van der Waals surface area (Å²) < 4.78 is 0. The van der Waals surface area contributed by atoms with Crippen LogP contribution in [0, 0.1) is 0 Å². The van der Waals surface area contributed by atoms with Gasteiger partial charge >= 0.3 is 0 Å². The fourth-order valence-electron chi connectivity index (χ4n) is 1.47. The highest BCUT2D eigenvalue weighted by molar-refractivity contribution is 7.08. The maximum atomic E-state index is 11.6. The summed E-state index contributed by atoms with van der Waals surface area (Å²) in [4.78, 5) is 11.6. The van der Waals surface area contributed by atoms with E-state index in [1.165, 1.54) is 19.3 Å². The summed E-state index contributed by atoms with van der Waals surface area (Å²) in [5, 5.41) is 6.82. The molecule has 0 aliphatic heterocycles. The lowest BCUT2D eigenvalue weighted by Crippen LogP contribution is -2.32. The van der Waals surface area contributed by atoms with Gasteiger partial charge in [0.25, 0.3) is 5.91 Å². The molecule has 15 heavy (non-hydrogen) atoms. The van der Waals surface area contributed by atoms with Crippen LogP contribution >= 0.6 is 11.3 Å². The third-order valence-electron chi connectivity index (χ3n) is 2.40. The summed E-state index contributed by atoms with van der Waals surface area (Å²) in [6.45, 7) is 4.26. The maximum Gasteiger partial charge on any atom is 0.252 e. The monoisotopic (exact) mass is 225 g/mol. The molecule has 0 fully saturated rings. The molecule has 0 saturated carbocycles. The topological polar surface area (TPSA) is 29.1 Å². The number of unbranched alkanes of at least 4 members (excludes halogenated alkanes) is 2. The second-order valence-corrected chi connectivity index (χ2v) is 4.66. The molecule has 84 valence electrons. The minimum absolute atomic E-state index is 0.0558. The number of hydrogen-bond donors (Lipinski definition) is 1. The van der Waals surface area contributed by atoms with Gasteiger partial charge in [-0.2, -0.15) is 11.3 Å². The predicted molar refractivity (Wildman–Crippen MR) is 65.4 cm³/mol. The van der Waals surface area contributed by atoms with Crippen LogP contribution in [0.2, 0.25) is 0 Å². The quantitative estimate of drug-likeness (QED) is 0.738. The van der Waals surface area contributed by atoms with Gasteiger partial charge < -0.3 is 5.32 Å². The molecular formula is C12H19NOS. The summed E-state index contributed by atoms with van der Waals surface area (Å²) in [5.41, 5.74) is 0.780. The average molecular weight is 225 g/mol. The lowest BCUT2D eigenvalue weighted by Gasteiger charge is -2.12. The van der Waals surface area contributed by atoms with Crippen molar-refractivity contribution in [1.82, 2.24) is 5.32 Å². The van der Waals surface area contributed by atoms with Crippen LogP contribution in [0.4, 0.5) is 0 Å². The van der Waals surface area contributed by atoms with Gasteiger partial charge in [0.15, 0.2) is 0 Å². The first-order valence-corrected chi connectivity index (χ1v) is 6.51. The van der Waals surface area contributed by atoms with E-state index in [2.05, 4.69) is 19.2 Å². The van der Waals surface area contributed by atoms with Gasteiger partial charge in [0, 0.05) is 17.0 Å². The molecule has 2 nitrogen and oxygen atoms in total. The average Bonchev–Trinajstić information content (AvgIpc) is 2.70. The molecule has 0 aromatic carbocycles. The Bertz CT molecular complexity index is 282. The van der Waals surface area contributed by atoms with Crippen LogP contribution in [0.3, 0.4) is 0 Å². The van der Waals surface area contributed by atoms with Crippen molar-refractivity contribution in [2.75, 3.05) is 0 Å². The van der Waals surface area contributed by atoms with Crippen LogP contribution in [-0.4, -0.2) is 11.9 Å². The lowest BCUT2D eigenvalue weighted by molar-refractivity contribution is 0.0938. The zero-order chi connectivity index (χ0) is 11.1. The molecule has 1 aromatic rings. The number of nitrogens with one attached hydrogen (secondary N) is 1. The molecule has 1 amide bonds. The van der Waals surface area contributed by atoms with E-state index in [0.29, 0.717) is 0 Å². The molecule has 1 aromatic heterocycles. The fourth-order valence-corrected chi connectivity index (χ4v) is 2.11. The molecule has 0 bridgehead atoms. The number of thiophene rings is 1. The van der Waals surface area contributed by atoms with Crippen LogP contribution in [-0.2, 0) is 0 Å². The zero-order valence-corrected chi connectivity index (χ0v) is 10.3. The number of carbonyl (C=O) groups is 1. The normalized spacial score (nSPS) is 12.4. The summed E-state index contributed by atoms with van der Waals surface area (Å²) in [7, 11) is 0. The maximum absolute atomic E-state index is 11.6. The Labute approximate surface area is 95.7 Å². The van der Waals surface area contributed by atoms with E-state index in [4.69, 9.17) is 0 Å². The third-order valence-corrected chi connectivity index (χ3v) is 3.08. The zero-order valence-electron chi connectivity index (χ0n) is 9.45. The van der Waals surface area contributed by atoms with Crippen molar-refractivity contribution >= 4 is 17.2 Å². The molecule has 1 heterocycles. The smallest absolute Gasteiger partial charge is 0.252 e. The van der Waals surface area contributed by atoms with E-state index < -0.39 is 0 Å². The van der Waals surface area contributed by atoms with Gasteiger partial charge in [-0.3, -0.25) is 4.79 Å². The Morgan fingerprint density at radius 1 is 1.53 bits per heavy atom. The Balaban J connectivity index is 2.26. The summed E-state index contributed by atoms with van der Waals surface area (Å²) in [6.07, 6.45) is 4.75.